The van der Waals surface area contributed by atoms with Gasteiger partial charge in [0.05, 0.1) is 12.0 Å². The molecule has 0 saturated carbocycles. The predicted molar refractivity (Wildman–Crippen MR) is 79.4 cm³/mol. The number of rotatable bonds is 6. The number of hydrogen-bond donors (Lipinski definition) is 2. The third-order valence-electron chi connectivity index (χ3n) is 3.51. The van der Waals surface area contributed by atoms with E-state index in [0.29, 0.717) is 6.42 Å². The summed E-state index contributed by atoms with van der Waals surface area (Å²) in [6, 6.07) is 5.58. The maximum absolute atomic E-state index is 11.5. The van der Waals surface area contributed by atoms with E-state index in [0.717, 1.165) is 5.69 Å². The van der Waals surface area contributed by atoms with Gasteiger partial charge in [0.1, 0.15) is 25.4 Å². The van der Waals surface area contributed by atoms with Crippen molar-refractivity contribution in [1.82, 2.24) is 4.57 Å². The summed E-state index contributed by atoms with van der Waals surface area (Å²) in [5, 5.41) is 11.3. The molecule has 9 nitrogen and oxygen atoms in total. The van der Waals surface area contributed by atoms with Crippen LogP contribution in [0.3, 0.4) is 0 Å². The standard InChI is InChI=1S/C14H15N5O4.HI/c1-17-6-3-2-4-9(17)5-7-18-8-10(12(15)20)11(13(16)21)14(18)19(22)23;/h2-4,6,8H,5,7H2,1H3,(H3-,15,16,20,21);1H. The number of amides is 2. The van der Waals surface area contributed by atoms with Gasteiger partial charge in [0, 0.05) is 12.1 Å². The van der Waals surface area contributed by atoms with Crippen molar-refractivity contribution in [3.05, 3.63) is 57.5 Å². The summed E-state index contributed by atoms with van der Waals surface area (Å²) in [6.45, 7) is 0.196. The van der Waals surface area contributed by atoms with Crippen LogP contribution in [-0.2, 0) is 20.0 Å². The number of hydrogen-bond acceptors (Lipinski definition) is 4. The van der Waals surface area contributed by atoms with Gasteiger partial charge in [-0.05, 0) is 4.92 Å². The second-order valence-corrected chi connectivity index (χ2v) is 4.97. The van der Waals surface area contributed by atoms with E-state index in [1.54, 1.807) is 0 Å². The van der Waals surface area contributed by atoms with Gasteiger partial charge >= 0.3 is 5.82 Å². The quantitative estimate of drug-likeness (QED) is 0.208. The van der Waals surface area contributed by atoms with Crippen molar-refractivity contribution in [3.8, 4) is 0 Å². The highest BCUT2D eigenvalue weighted by molar-refractivity contribution is 6.08. The van der Waals surface area contributed by atoms with E-state index < -0.39 is 28.1 Å². The second kappa shape index (κ2) is 7.86. The number of carbonyl (C=O) groups excluding carboxylic acids is 2. The van der Waals surface area contributed by atoms with Crippen molar-refractivity contribution in [1.29, 1.82) is 0 Å². The highest BCUT2D eigenvalue weighted by atomic mass is 127. The first-order chi connectivity index (χ1) is 10.8. The predicted octanol–water partition coefficient (Wildman–Crippen LogP) is -3.33. The van der Waals surface area contributed by atoms with Gasteiger partial charge in [-0.25, -0.2) is 9.13 Å². The second-order valence-electron chi connectivity index (χ2n) is 4.97. The maximum Gasteiger partial charge on any atom is 0.336 e. The highest BCUT2D eigenvalue weighted by Gasteiger charge is 2.31. The van der Waals surface area contributed by atoms with Gasteiger partial charge in [0.25, 0.3) is 11.8 Å². The Kier molecular flexibility index (Phi) is 6.40. The smallest absolute Gasteiger partial charge is 0.336 e. The molecule has 0 aliphatic rings. The lowest BCUT2D eigenvalue weighted by atomic mass is 10.1. The molecule has 0 saturated heterocycles. The molecular weight excluding hydrogens is 429 g/mol. The fourth-order valence-electron chi connectivity index (χ4n) is 2.40. The average molecular weight is 445 g/mol. The molecule has 0 aliphatic heterocycles. The van der Waals surface area contributed by atoms with E-state index >= 15 is 0 Å². The number of carbonyl (C=O) groups is 2. The van der Waals surface area contributed by atoms with Gasteiger partial charge in [0.2, 0.25) is 0 Å². The van der Waals surface area contributed by atoms with E-state index in [4.69, 9.17) is 11.5 Å². The molecule has 0 aromatic carbocycles. The van der Waals surface area contributed by atoms with Crippen LogP contribution < -0.4 is 40.0 Å². The maximum atomic E-state index is 11.5. The van der Waals surface area contributed by atoms with Crippen LogP contribution in [0.4, 0.5) is 5.82 Å². The number of halogens is 1. The van der Waals surface area contributed by atoms with Crippen molar-refractivity contribution < 1.29 is 43.1 Å². The fraction of sp³-hybridized carbons (Fsp3) is 0.214. The summed E-state index contributed by atoms with van der Waals surface area (Å²) >= 11 is 0. The molecule has 4 N–H and O–H groups in total. The number of aryl methyl sites for hydroxylation is 3. The van der Waals surface area contributed by atoms with Gasteiger partial charge in [-0.15, -0.1) is 0 Å². The van der Waals surface area contributed by atoms with Crippen LogP contribution in [0, 0.1) is 10.1 Å². The normalized spacial score (nSPS) is 10.0. The first-order valence-electron chi connectivity index (χ1n) is 6.73. The molecule has 2 heterocycles. The Morgan fingerprint density at radius 1 is 1.29 bits per heavy atom. The third-order valence-corrected chi connectivity index (χ3v) is 3.51. The van der Waals surface area contributed by atoms with Crippen LogP contribution in [0.1, 0.15) is 26.4 Å². The van der Waals surface area contributed by atoms with Crippen molar-refractivity contribution in [2.24, 2.45) is 18.5 Å². The zero-order valence-electron chi connectivity index (χ0n) is 12.8. The topological polar surface area (TPSA) is 138 Å². The van der Waals surface area contributed by atoms with Crippen LogP contribution in [0.5, 0.6) is 0 Å². The van der Waals surface area contributed by atoms with Gasteiger partial charge in [-0.3, -0.25) is 9.59 Å². The zero-order valence-corrected chi connectivity index (χ0v) is 15.0. The summed E-state index contributed by atoms with van der Waals surface area (Å²) in [4.78, 5) is 33.4. The first kappa shape index (κ1) is 19.5. The molecule has 2 amide bonds. The summed E-state index contributed by atoms with van der Waals surface area (Å²) in [5.41, 5.74) is 10.6. The van der Waals surface area contributed by atoms with Crippen molar-refractivity contribution in [2.45, 2.75) is 13.0 Å². The summed E-state index contributed by atoms with van der Waals surface area (Å²) < 4.78 is 3.09. The molecule has 2 aromatic rings. The molecule has 0 bridgehead atoms. The first-order valence-corrected chi connectivity index (χ1v) is 6.73. The van der Waals surface area contributed by atoms with Crippen LogP contribution in [0.15, 0.2) is 30.6 Å². The monoisotopic (exact) mass is 445 g/mol. The Labute approximate surface area is 154 Å². The molecule has 0 unspecified atom stereocenters. The molecular formula is C14H16IN5O4. The van der Waals surface area contributed by atoms with E-state index in [1.807, 2.05) is 36.0 Å². The molecule has 128 valence electrons. The molecule has 0 radical (unpaired) electrons. The van der Waals surface area contributed by atoms with Crippen LogP contribution in [-0.4, -0.2) is 21.3 Å². The SMILES string of the molecule is C[n+]1ccccc1CCn1cc(C(N)=O)c(C(N)=O)c1[N+](=O)[O-].[I-]. The number of nitro groups is 1. The summed E-state index contributed by atoms with van der Waals surface area (Å²) in [6.07, 6.45) is 3.51. The van der Waals surface area contributed by atoms with Gasteiger partial charge < -0.3 is 45.6 Å². The number of pyridine rings is 1. The molecule has 0 atom stereocenters. The molecule has 0 fully saturated rings. The third kappa shape index (κ3) is 3.88. The van der Waals surface area contributed by atoms with E-state index in [1.165, 1.54) is 10.8 Å². The van der Waals surface area contributed by atoms with Crippen molar-refractivity contribution >= 4 is 17.6 Å². The minimum atomic E-state index is -1.06. The minimum absolute atomic E-state index is 0. The largest absolute Gasteiger partial charge is 1.00 e. The summed E-state index contributed by atoms with van der Waals surface area (Å²) in [7, 11) is 1.85. The van der Waals surface area contributed by atoms with Crippen LogP contribution in [0.25, 0.3) is 0 Å². The molecule has 24 heavy (non-hydrogen) atoms. The molecule has 2 rings (SSSR count). The Morgan fingerprint density at radius 3 is 2.46 bits per heavy atom. The van der Waals surface area contributed by atoms with Gasteiger partial charge in [0.15, 0.2) is 11.9 Å². The van der Waals surface area contributed by atoms with Gasteiger partial charge in [-0.1, -0.05) is 6.07 Å². The van der Waals surface area contributed by atoms with Crippen LogP contribution >= 0.6 is 0 Å². The van der Waals surface area contributed by atoms with E-state index in [9.17, 15) is 19.7 Å². The number of aromatic nitrogens is 2. The van der Waals surface area contributed by atoms with Gasteiger partial charge in [-0.2, -0.15) is 0 Å². The number of nitrogens with zero attached hydrogens (tertiary/aromatic N) is 3. The average Bonchev–Trinajstić information content (AvgIpc) is 2.86. The van der Waals surface area contributed by atoms with E-state index in [-0.39, 0.29) is 36.1 Å². The van der Waals surface area contributed by atoms with Crippen LogP contribution in [0.2, 0.25) is 0 Å². The number of primary amides is 2. The Hall–Kier alpha value is -2.50. The lowest BCUT2D eigenvalue weighted by Gasteiger charge is -2.02. The molecule has 2 aromatic heterocycles. The van der Waals surface area contributed by atoms with E-state index in [2.05, 4.69) is 0 Å². The molecule has 0 aliphatic carbocycles. The lowest BCUT2D eigenvalue weighted by molar-refractivity contribution is -0.679. The number of nitrogens with two attached hydrogens (primary N) is 2. The fourth-order valence-corrected chi connectivity index (χ4v) is 2.40. The van der Waals surface area contributed by atoms with Crippen molar-refractivity contribution in [2.75, 3.05) is 0 Å². The molecule has 0 spiro atoms. The minimum Gasteiger partial charge on any atom is -1.00 e. The Bertz CT molecular complexity index is 802. The Balaban J connectivity index is 0.00000288. The Morgan fingerprint density at radius 2 is 1.96 bits per heavy atom. The zero-order chi connectivity index (χ0) is 17.1. The lowest BCUT2D eigenvalue weighted by Crippen LogP contribution is -3.00. The highest BCUT2D eigenvalue weighted by Crippen LogP contribution is 2.25. The molecule has 10 heteroatoms. The van der Waals surface area contributed by atoms with Crippen molar-refractivity contribution in [3.63, 3.8) is 0 Å². The summed E-state index contributed by atoms with van der Waals surface area (Å²) in [5.74, 6) is -2.52.